The monoisotopic (exact) mass is 227 g/mol. The van der Waals surface area contributed by atoms with E-state index >= 15 is 0 Å². The van der Waals surface area contributed by atoms with Crippen LogP contribution >= 0.6 is 0 Å². The van der Waals surface area contributed by atoms with Gasteiger partial charge in [-0.3, -0.25) is 14.5 Å². The topological polar surface area (TPSA) is 57.6 Å². The minimum atomic E-state index is -0.701. The van der Waals surface area contributed by atoms with Crippen molar-refractivity contribution >= 4 is 11.8 Å². The minimum absolute atomic E-state index is 0.143. The average Bonchev–Trinajstić information content (AvgIpc) is 2.49. The molecule has 4 nitrogen and oxygen atoms in total. The first-order valence-electron chi connectivity index (χ1n) is 5.94. The fraction of sp³-hybridized carbons (Fsp3) is 0.833. The largest absolute Gasteiger partial charge is 0.394 e. The quantitative estimate of drug-likeness (QED) is 0.734. The van der Waals surface area contributed by atoms with Crippen LogP contribution in [-0.2, 0) is 9.59 Å². The molecular weight excluding hydrogens is 206 g/mol. The Morgan fingerprint density at radius 1 is 1.12 bits per heavy atom. The minimum Gasteiger partial charge on any atom is -0.394 e. The number of likely N-dealkylation sites (tertiary alicyclic amines) is 1. The molecule has 1 aliphatic rings. The number of nitrogens with zero attached hydrogens (tertiary/aromatic N) is 1. The molecule has 2 amide bonds. The molecule has 0 spiro atoms. The van der Waals surface area contributed by atoms with Crippen molar-refractivity contribution in [1.29, 1.82) is 0 Å². The molecule has 1 fully saturated rings. The molecule has 1 N–H and O–H groups in total. The van der Waals surface area contributed by atoms with Gasteiger partial charge < -0.3 is 5.11 Å². The van der Waals surface area contributed by atoms with Gasteiger partial charge in [-0.25, -0.2) is 0 Å². The van der Waals surface area contributed by atoms with Crippen LogP contribution in [0.5, 0.6) is 0 Å². The predicted molar refractivity (Wildman–Crippen MR) is 60.6 cm³/mol. The summed E-state index contributed by atoms with van der Waals surface area (Å²) in [6, 6.07) is 0. The second kappa shape index (κ2) is 4.53. The zero-order chi connectivity index (χ0) is 12.5. The molecule has 92 valence electrons. The Balaban J connectivity index is 3.12. The Labute approximate surface area is 96.6 Å². The van der Waals surface area contributed by atoms with Gasteiger partial charge in [0, 0.05) is 11.8 Å². The molecule has 0 aliphatic carbocycles. The number of hydrogen-bond donors (Lipinski definition) is 1. The summed E-state index contributed by atoms with van der Waals surface area (Å²) in [5, 5.41) is 9.50. The van der Waals surface area contributed by atoms with E-state index in [0.717, 1.165) is 0 Å². The van der Waals surface area contributed by atoms with E-state index in [4.69, 9.17) is 0 Å². The molecule has 0 radical (unpaired) electrons. The number of hydrogen-bond acceptors (Lipinski definition) is 3. The average molecular weight is 227 g/mol. The summed E-state index contributed by atoms with van der Waals surface area (Å²) < 4.78 is 0. The highest BCUT2D eigenvalue weighted by atomic mass is 16.3. The lowest BCUT2D eigenvalue weighted by atomic mass is 9.91. The second-order valence-corrected chi connectivity index (χ2v) is 4.68. The Morgan fingerprint density at radius 2 is 1.50 bits per heavy atom. The first-order chi connectivity index (χ1) is 7.45. The van der Waals surface area contributed by atoms with E-state index in [2.05, 4.69) is 0 Å². The van der Waals surface area contributed by atoms with E-state index in [-0.39, 0.29) is 30.3 Å². The van der Waals surface area contributed by atoms with Gasteiger partial charge in [-0.05, 0) is 12.8 Å². The van der Waals surface area contributed by atoms with Crippen LogP contribution in [0.25, 0.3) is 0 Å². The van der Waals surface area contributed by atoms with Crippen LogP contribution in [0, 0.1) is 11.8 Å². The lowest BCUT2D eigenvalue weighted by Gasteiger charge is -2.38. The zero-order valence-electron chi connectivity index (χ0n) is 10.5. The van der Waals surface area contributed by atoms with Crippen LogP contribution in [-0.4, -0.2) is 34.0 Å². The van der Waals surface area contributed by atoms with Gasteiger partial charge in [0.05, 0.1) is 12.1 Å². The van der Waals surface area contributed by atoms with E-state index in [1.54, 1.807) is 13.8 Å². The molecule has 4 heteroatoms. The Morgan fingerprint density at radius 3 is 1.75 bits per heavy atom. The van der Waals surface area contributed by atoms with Crippen molar-refractivity contribution in [3.8, 4) is 0 Å². The third kappa shape index (κ3) is 1.65. The highest BCUT2D eigenvalue weighted by molar-refractivity contribution is 6.05. The molecule has 16 heavy (non-hydrogen) atoms. The first-order valence-corrected chi connectivity index (χ1v) is 5.94. The van der Waals surface area contributed by atoms with Gasteiger partial charge in [0.15, 0.2) is 0 Å². The lowest BCUT2D eigenvalue weighted by molar-refractivity contribution is -0.149. The summed E-state index contributed by atoms with van der Waals surface area (Å²) in [5.74, 6) is -0.821. The van der Waals surface area contributed by atoms with E-state index in [1.807, 2.05) is 13.8 Å². The summed E-state index contributed by atoms with van der Waals surface area (Å²) in [6.07, 6.45) is 1.19. The Hall–Kier alpha value is -0.900. The molecule has 2 atom stereocenters. The number of amides is 2. The summed E-state index contributed by atoms with van der Waals surface area (Å²) in [5.41, 5.74) is -0.701. The standard InChI is InChI=1S/C12H21NO3/c1-5-12(6-2,7-14)13-10(15)8(3)9(4)11(13)16/h8-9,14H,5-7H2,1-4H3. The number of aliphatic hydroxyl groups is 1. The van der Waals surface area contributed by atoms with Crippen molar-refractivity contribution in [2.24, 2.45) is 11.8 Å². The molecule has 1 rings (SSSR count). The van der Waals surface area contributed by atoms with Crippen LogP contribution in [0.1, 0.15) is 40.5 Å². The third-order valence-corrected chi connectivity index (χ3v) is 4.05. The smallest absolute Gasteiger partial charge is 0.233 e. The first kappa shape index (κ1) is 13.2. The predicted octanol–water partition coefficient (Wildman–Crippen LogP) is 1.18. The van der Waals surface area contributed by atoms with Crippen molar-refractivity contribution < 1.29 is 14.7 Å². The highest BCUT2D eigenvalue weighted by Gasteiger charge is 2.50. The zero-order valence-corrected chi connectivity index (χ0v) is 10.5. The SMILES string of the molecule is CCC(CC)(CO)N1C(=O)C(C)C(C)C1=O. The van der Waals surface area contributed by atoms with E-state index < -0.39 is 5.54 Å². The summed E-state index contributed by atoms with van der Waals surface area (Å²) >= 11 is 0. The Kier molecular flexibility index (Phi) is 3.73. The van der Waals surface area contributed by atoms with Gasteiger partial charge in [-0.15, -0.1) is 0 Å². The molecule has 2 unspecified atom stereocenters. The van der Waals surface area contributed by atoms with Gasteiger partial charge in [0.25, 0.3) is 0 Å². The van der Waals surface area contributed by atoms with Gasteiger partial charge in [-0.1, -0.05) is 27.7 Å². The van der Waals surface area contributed by atoms with Crippen molar-refractivity contribution in [2.45, 2.75) is 46.1 Å². The Bertz CT molecular complexity index is 268. The van der Waals surface area contributed by atoms with Crippen molar-refractivity contribution in [3.05, 3.63) is 0 Å². The molecule has 0 aromatic heterocycles. The fourth-order valence-electron chi connectivity index (χ4n) is 2.27. The van der Waals surface area contributed by atoms with Gasteiger partial charge in [-0.2, -0.15) is 0 Å². The van der Waals surface area contributed by atoms with Gasteiger partial charge in [0.2, 0.25) is 11.8 Å². The molecule has 0 aromatic rings. The molecule has 1 heterocycles. The van der Waals surface area contributed by atoms with Crippen molar-refractivity contribution in [2.75, 3.05) is 6.61 Å². The summed E-state index contributed by atoms with van der Waals surface area (Å²) in [7, 11) is 0. The van der Waals surface area contributed by atoms with Crippen LogP contribution in [0.4, 0.5) is 0 Å². The van der Waals surface area contributed by atoms with Crippen LogP contribution < -0.4 is 0 Å². The normalized spacial score (nSPS) is 26.7. The van der Waals surface area contributed by atoms with Crippen molar-refractivity contribution in [1.82, 2.24) is 4.90 Å². The number of carbonyl (C=O) groups excluding carboxylic acids is 2. The van der Waals surface area contributed by atoms with E-state index in [9.17, 15) is 14.7 Å². The number of carbonyl (C=O) groups is 2. The molecule has 1 saturated heterocycles. The molecule has 1 aliphatic heterocycles. The maximum absolute atomic E-state index is 12.0. The molecule has 0 saturated carbocycles. The summed E-state index contributed by atoms with van der Waals surface area (Å²) in [6.45, 7) is 7.19. The van der Waals surface area contributed by atoms with Crippen molar-refractivity contribution in [3.63, 3.8) is 0 Å². The van der Waals surface area contributed by atoms with Gasteiger partial charge in [0.1, 0.15) is 0 Å². The van der Waals surface area contributed by atoms with Crippen LogP contribution in [0.15, 0.2) is 0 Å². The number of aliphatic hydroxyl groups excluding tert-OH is 1. The van der Waals surface area contributed by atoms with Gasteiger partial charge >= 0.3 is 0 Å². The maximum atomic E-state index is 12.0. The molecular formula is C12H21NO3. The van der Waals surface area contributed by atoms with E-state index in [0.29, 0.717) is 12.8 Å². The summed E-state index contributed by atoms with van der Waals surface area (Å²) in [4.78, 5) is 25.4. The number of rotatable bonds is 4. The molecule has 0 aromatic carbocycles. The second-order valence-electron chi connectivity index (χ2n) is 4.68. The molecule has 0 bridgehead atoms. The number of imide groups is 1. The third-order valence-electron chi connectivity index (χ3n) is 4.05. The van der Waals surface area contributed by atoms with Crippen LogP contribution in [0.2, 0.25) is 0 Å². The van der Waals surface area contributed by atoms with E-state index in [1.165, 1.54) is 4.90 Å². The van der Waals surface area contributed by atoms with Crippen LogP contribution in [0.3, 0.4) is 0 Å². The highest BCUT2D eigenvalue weighted by Crippen LogP contribution is 2.34. The fourth-order valence-corrected chi connectivity index (χ4v) is 2.27. The lowest BCUT2D eigenvalue weighted by Crippen LogP contribution is -2.54. The maximum Gasteiger partial charge on any atom is 0.233 e.